The third-order valence-electron chi connectivity index (χ3n) is 2.69. The second kappa shape index (κ2) is 7.34. The van der Waals surface area contributed by atoms with Crippen LogP contribution in [-0.4, -0.2) is 65.4 Å². The van der Waals surface area contributed by atoms with E-state index >= 15 is 0 Å². The van der Waals surface area contributed by atoms with E-state index in [2.05, 4.69) is 0 Å². The van der Waals surface area contributed by atoms with Gasteiger partial charge in [0.2, 0.25) is 0 Å². The molecule has 0 aromatic heterocycles. The number of hydrogen-bond acceptors (Lipinski definition) is 9. The van der Waals surface area contributed by atoms with Crippen molar-refractivity contribution < 1.29 is 43.5 Å². The molecular formula is C12H18O9. The Morgan fingerprint density at radius 2 is 1.48 bits per heavy atom. The van der Waals surface area contributed by atoms with Gasteiger partial charge in [0.15, 0.2) is 18.5 Å². The highest BCUT2D eigenvalue weighted by molar-refractivity contribution is 5.67. The third-order valence-corrected chi connectivity index (χ3v) is 2.69. The molecule has 0 bridgehead atoms. The number of aliphatic hydroxyl groups excluding tert-OH is 2. The van der Waals surface area contributed by atoms with Crippen LogP contribution in [-0.2, 0) is 33.3 Å². The lowest BCUT2D eigenvalue weighted by Crippen LogP contribution is -2.61. The first kappa shape index (κ1) is 17.3. The van der Waals surface area contributed by atoms with Crippen molar-refractivity contribution in [3.8, 4) is 0 Å². The van der Waals surface area contributed by atoms with Crippen LogP contribution in [0.25, 0.3) is 0 Å². The molecule has 21 heavy (non-hydrogen) atoms. The van der Waals surface area contributed by atoms with E-state index in [1.807, 2.05) is 0 Å². The lowest BCUT2D eigenvalue weighted by atomic mass is 9.98. The molecule has 0 spiro atoms. The Labute approximate surface area is 120 Å². The van der Waals surface area contributed by atoms with Crippen molar-refractivity contribution in [1.82, 2.24) is 0 Å². The molecule has 0 amide bonds. The van der Waals surface area contributed by atoms with Gasteiger partial charge in [0.1, 0.15) is 18.8 Å². The van der Waals surface area contributed by atoms with E-state index in [4.69, 9.17) is 18.9 Å². The molecule has 9 heteroatoms. The van der Waals surface area contributed by atoms with Gasteiger partial charge in [-0.05, 0) is 0 Å². The number of carbonyl (C=O) groups excluding carboxylic acids is 3. The van der Waals surface area contributed by atoms with Gasteiger partial charge in [0, 0.05) is 20.8 Å². The van der Waals surface area contributed by atoms with Crippen molar-refractivity contribution in [1.29, 1.82) is 0 Å². The molecule has 1 heterocycles. The van der Waals surface area contributed by atoms with Crippen LogP contribution in [0.2, 0.25) is 0 Å². The van der Waals surface area contributed by atoms with Gasteiger partial charge in [-0.2, -0.15) is 0 Å². The minimum absolute atomic E-state index is 0.338. The van der Waals surface area contributed by atoms with E-state index in [1.54, 1.807) is 0 Å². The third kappa shape index (κ3) is 4.96. The van der Waals surface area contributed by atoms with Crippen LogP contribution in [0.4, 0.5) is 0 Å². The molecular weight excluding hydrogens is 288 g/mol. The summed E-state index contributed by atoms with van der Waals surface area (Å²) in [5, 5.41) is 19.4. The molecule has 9 nitrogen and oxygen atoms in total. The summed E-state index contributed by atoms with van der Waals surface area (Å²) in [7, 11) is 0. The molecule has 1 aliphatic heterocycles. The zero-order valence-corrected chi connectivity index (χ0v) is 11.8. The van der Waals surface area contributed by atoms with E-state index in [1.165, 1.54) is 6.92 Å². The number of ether oxygens (including phenoxy) is 4. The van der Waals surface area contributed by atoms with Crippen molar-refractivity contribution >= 4 is 17.9 Å². The predicted molar refractivity (Wildman–Crippen MR) is 64.6 cm³/mol. The number of rotatable bonds is 4. The Morgan fingerprint density at radius 3 is 1.95 bits per heavy atom. The first-order chi connectivity index (χ1) is 9.72. The van der Waals surface area contributed by atoms with E-state index in [9.17, 15) is 24.6 Å². The summed E-state index contributed by atoms with van der Waals surface area (Å²) in [6, 6.07) is 0. The SMILES string of the molecule is CC(=O)OCC1O[C@@H](O)[C@@H](O)[C@H](OC(C)=O)[C@@H]1OC(C)=O. The van der Waals surface area contributed by atoms with E-state index in [-0.39, 0.29) is 6.61 Å². The van der Waals surface area contributed by atoms with E-state index in [0.29, 0.717) is 0 Å². The summed E-state index contributed by atoms with van der Waals surface area (Å²) < 4.78 is 19.6. The molecule has 2 N–H and O–H groups in total. The summed E-state index contributed by atoms with van der Waals surface area (Å²) in [6.45, 7) is 3.04. The van der Waals surface area contributed by atoms with Crippen LogP contribution in [0, 0.1) is 0 Å². The van der Waals surface area contributed by atoms with Crippen LogP contribution >= 0.6 is 0 Å². The topological polar surface area (TPSA) is 129 Å². The Kier molecular flexibility index (Phi) is 6.06. The molecule has 0 aromatic carbocycles. The van der Waals surface area contributed by atoms with Crippen molar-refractivity contribution in [2.45, 2.75) is 51.5 Å². The van der Waals surface area contributed by atoms with Crippen molar-refractivity contribution in [3.05, 3.63) is 0 Å². The van der Waals surface area contributed by atoms with Gasteiger partial charge in [-0.1, -0.05) is 0 Å². The zero-order chi connectivity index (χ0) is 16.2. The predicted octanol–water partition coefficient (Wildman–Crippen LogP) is -1.51. The highest BCUT2D eigenvalue weighted by Crippen LogP contribution is 2.25. The summed E-state index contributed by atoms with van der Waals surface area (Å²) in [5.41, 5.74) is 0. The van der Waals surface area contributed by atoms with Crippen molar-refractivity contribution in [2.24, 2.45) is 0 Å². The molecule has 1 saturated heterocycles. The molecule has 1 rings (SSSR count). The Morgan fingerprint density at radius 1 is 0.952 bits per heavy atom. The fraction of sp³-hybridized carbons (Fsp3) is 0.750. The van der Waals surface area contributed by atoms with Gasteiger partial charge in [-0.3, -0.25) is 14.4 Å². The van der Waals surface area contributed by atoms with Gasteiger partial charge in [-0.25, -0.2) is 0 Å². The Hall–Kier alpha value is -1.71. The number of carbonyl (C=O) groups is 3. The van der Waals surface area contributed by atoms with Crippen LogP contribution in [0.3, 0.4) is 0 Å². The van der Waals surface area contributed by atoms with Gasteiger partial charge >= 0.3 is 17.9 Å². The second-order valence-corrected chi connectivity index (χ2v) is 4.51. The number of hydrogen-bond donors (Lipinski definition) is 2. The maximum absolute atomic E-state index is 11.1. The summed E-state index contributed by atoms with van der Waals surface area (Å²) in [5.74, 6) is -2.06. The van der Waals surface area contributed by atoms with Crippen LogP contribution in [0.1, 0.15) is 20.8 Å². The standard InChI is InChI=1S/C12H18O9/c1-5(13)18-4-8-10(19-6(2)14)11(20-7(3)15)9(16)12(17)21-8/h8-12,16-17H,4H2,1-3H3/t8?,9-,10+,11-,12+/m0/s1. The molecule has 0 radical (unpaired) electrons. The van der Waals surface area contributed by atoms with Crippen LogP contribution in [0.5, 0.6) is 0 Å². The quantitative estimate of drug-likeness (QED) is 0.470. The van der Waals surface area contributed by atoms with Crippen molar-refractivity contribution in [3.63, 3.8) is 0 Å². The van der Waals surface area contributed by atoms with Gasteiger partial charge < -0.3 is 29.2 Å². The maximum atomic E-state index is 11.1. The maximum Gasteiger partial charge on any atom is 0.303 e. The monoisotopic (exact) mass is 306 g/mol. The summed E-state index contributed by atoms with van der Waals surface area (Å²) >= 11 is 0. The number of esters is 3. The fourth-order valence-corrected chi connectivity index (χ4v) is 1.90. The molecule has 0 aromatic rings. The van der Waals surface area contributed by atoms with Crippen LogP contribution in [0.15, 0.2) is 0 Å². The molecule has 1 unspecified atom stereocenters. The van der Waals surface area contributed by atoms with E-state index in [0.717, 1.165) is 13.8 Å². The van der Waals surface area contributed by atoms with Gasteiger partial charge in [0.05, 0.1) is 0 Å². The highest BCUT2D eigenvalue weighted by atomic mass is 16.7. The summed E-state index contributed by atoms with van der Waals surface area (Å²) in [4.78, 5) is 33.1. The van der Waals surface area contributed by atoms with Crippen LogP contribution < -0.4 is 0 Å². The first-order valence-corrected chi connectivity index (χ1v) is 6.21. The normalized spacial score (nSPS) is 32.1. The lowest BCUT2D eigenvalue weighted by molar-refractivity contribution is -0.293. The Balaban J connectivity index is 2.94. The molecule has 120 valence electrons. The summed E-state index contributed by atoms with van der Waals surface area (Å²) in [6.07, 6.45) is -6.92. The molecule has 1 aliphatic rings. The average Bonchev–Trinajstić information content (AvgIpc) is 2.35. The number of aliphatic hydroxyl groups is 2. The van der Waals surface area contributed by atoms with E-state index < -0.39 is 48.6 Å². The Bertz CT molecular complexity index is 408. The zero-order valence-electron chi connectivity index (χ0n) is 11.8. The van der Waals surface area contributed by atoms with Gasteiger partial charge in [-0.15, -0.1) is 0 Å². The minimum Gasteiger partial charge on any atom is -0.463 e. The fourth-order valence-electron chi connectivity index (χ4n) is 1.90. The lowest BCUT2D eigenvalue weighted by Gasteiger charge is -2.41. The molecule has 0 saturated carbocycles. The van der Waals surface area contributed by atoms with Crippen molar-refractivity contribution in [2.75, 3.05) is 6.61 Å². The second-order valence-electron chi connectivity index (χ2n) is 4.51. The smallest absolute Gasteiger partial charge is 0.303 e. The van der Waals surface area contributed by atoms with Gasteiger partial charge in [0.25, 0.3) is 0 Å². The molecule has 0 aliphatic carbocycles. The minimum atomic E-state index is -1.68. The first-order valence-electron chi connectivity index (χ1n) is 6.21. The molecule has 1 fully saturated rings. The largest absolute Gasteiger partial charge is 0.463 e. The molecule has 5 atom stereocenters. The average molecular weight is 306 g/mol. The highest BCUT2D eigenvalue weighted by Gasteiger charge is 2.49.